The number of carboxylic acids is 1. The molecule has 1 N–H and O–H groups in total. The summed E-state index contributed by atoms with van der Waals surface area (Å²) in [6.07, 6.45) is 0.531. The summed E-state index contributed by atoms with van der Waals surface area (Å²) >= 11 is 9.49. The van der Waals surface area contributed by atoms with Crippen molar-refractivity contribution in [3.05, 3.63) is 63.2 Å². The maximum atomic E-state index is 13.1. The highest BCUT2D eigenvalue weighted by molar-refractivity contribution is 9.10. The van der Waals surface area contributed by atoms with Gasteiger partial charge in [-0.1, -0.05) is 36.7 Å². The van der Waals surface area contributed by atoms with Crippen molar-refractivity contribution in [2.24, 2.45) is 0 Å². The summed E-state index contributed by atoms with van der Waals surface area (Å²) in [6, 6.07) is 10.8. The van der Waals surface area contributed by atoms with Crippen molar-refractivity contribution < 1.29 is 18.3 Å². The van der Waals surface area contributed by atoms with Gasteiger partial charge in [-0.15, -0.1) is 0 Å². The first kappa shape index (κ1) is 18.0. The van der Waals surface area contributed by atoms with E-state index in [9.17, 15) is 18.3 Å². The molecule has 3 rings (SSSR count). The second-order valence-corrected chi connectivity index (χ2v) is 8.31. The average molecular weight is 443 g/mol. The zero-order valence-electron chi connectivity index (χ0n) is 13.0. The van der Waals surface area contributed by atoms with E-state index < -0.39 is 16.0 Å². The molecule has 0 saturated heterocycles. The van der Waals surface area contributed by atoms with Gasteiger partial charge in [0, 0.05) is 10.4 Å². The fraction of sp³-hybridized carbons (Fsp3) is 0.118. The minimum absolute atomic E-state index is 0.00917. The summed E-state index contributed by atoms with van der Waals surface area (Å²) in [7, 11) is -4.10. The number of aryl methyl sites for hydroxylation is 1. The Morgan fingerprint density at radius 1 is 1.20 bits per heavy atom. The van der Waals surface area contributed by atoms with Gasteiger partial charge in [0.05, 0.1) is 14.9 Å². The normalized spacial score (nSPS) is 11.8. The van der Waals surface area contributed by atoms with Crippen LogP contribution in [0.2, 0.25) is 5.02 Å². The van der Waals surface area contributed by atoms with Crippen LogP contribution in [0.15, 0.2) is 51.8 Å². The lowest BCUT2D eigenvalue weighted by atomic mass is 10.1. The number of carbonyl (C=O) groups is 1. The first-order valence-electron chi connectivity index (χ1n) is 7.35. The average Bonchev–Trinajstić information content (AvgIpc) is 2.89. The Bertz CT molecular complexity index is 1090. The zero-order chi connectivity index (χ0) is 18.4. The summed E-state index contributed by atoms with van der Waals surface area (Å²) in [4.78, 5) is 11.8. The highest BCUT2D eigenvalue weighted by Gasteiger charge is 2.31. The van der Waals surface area contributed by atoms with E-state index in [1.54, 1.807) is 24.3 Å². The first-order chi connectivity index (χ1) is 11.8. The quantitative estimate of drug-likeness (QED) is 0.643. The third-order valence-corrected chi connectivity index (χ3v) is 6.77. The lowest BCUT2D eigenvalue weighted by Gasteiger charge is -2.10. The molecule has 1 heterocycles. The van der Waals surface area contributed by atoms with E-state index in [1.807, 2.05) is 6.92 Å². The van der Waals surface area contributed by atoms with Crippen molar-refractivity contribution in [2.75, 3.05) is 0 Å². The van der Waals surface area contributed by atoms with Crippen LogP contribution in [0.3, 0.4) is 0 Å². The second-order valence-electron chi connectivity index (χ2n) is 5.32. The number of aromatic carboxylic acids is 1. The van der Waals surface area contributed by atoms with Gasteiger partial charge in [0.15, 0.2) is 5.69 Å². The smallest absolute Gasteiger partial charge is 0.354 e. The van der Waals surface area contributed by atoms with Gasteiger partial charge in [-0.25, -0.2) is 17.2 Å². The molecular weight excluding hydrogens is 430 g/mol. The Balaban J connectivity index is 2.51. The summed E-state index contributed by atoms with van der Waals surface area (Å²) < 4.78 is 27.3. The Kier molecular flexibility index (Phi) is 4.66. The molecule has 0 unspecified atom stereocenters. The molecule has 0 radical (unpaired) electrons. The minimum atomic E-state index is -4.10. The van der Waals surface area contributed by atoms with Crippen LogP contribution < -0.4 is 0 Å². The number of rotatable bonds is 4. The van der Waals surface area contributed by atoms with Gasteiger partial charge in [-0.05, 0) is 52.2 Å². The molecule has 25 heavy (non-hydrogen) atoms. The van der Waals surface area contributed by atoms with E-state index in [0.717, 1.165) is 3.97 Å². The molecule has 0 aliphatic heterocycles. The van der Waals surface area contributed by atoms with Crippen LogP contribution in [0.4, 0.5) is 0 Å². The van der Waals surface area contributed by atoms with Crippen LogP contribution in [-0.2, 0) is 16.4 Å². The predicted molar refractivity (Wildman–Crippen MR) is 100 cm³/mol. The number of aromatic nitrogens is 1. The van der Waals surface area contributed by atoms with Crippen LogP contribution in [0.25, 0.3) is 10.9 Å². The van der Waals surface area contributed by atoms with Gasteiger partial charge in [0.25, 0.3) is 10.0 Å². The largest absolute Gasteiger partial charge is 0.477 e. The number of halogens is 2. The number of carboxylic acid groups (broad SMARTS) is 1. The fourth-order valence-electron chi connectivity index (χ4n) is 2.83. The van der Waals surface area contributed by atoms with E-state index >= 15 is 0 Å². The molecule has 2 aromatic carbocycles. The summed E-state index contributed by atoms with van der Waals surface area (Å²) in [5.74, 6) is -1.35. The number of nitrogens with zero attached hydrogens (tertiary/aromatic N) is 1. The molecule has 0 aliphatic rings. The standard InChI is InChI=1S/C17H13BrClNO4S/c1-2-11-12(19)8-9-13-14(11)15(18)16(17(21)22)20(13)25(23,24)10-6-4-3-5-7-10/h3-9H,2H2,1H3,(H,21,22). The highest BCUT2D eigenvalue weighted by atomic mass is 79.9. The van der Waals surface area contributed by atoms with Crippen molar-refractivity contribution in [1.29, 1.82) is 0 Å². The van der Waals surface area contributed by atoms with Crippen LogP contribution in [0.1, 0.15) is 23.0 Å². The zero-order valence-corrected chi connectivity index (χ0v) is 16.2. The molecule has 0 saturated carbocycles. The molecule has 0 bridgehead atoms. The summed E-state index contributed by atoms with van der Waals surface area (Å²) in [5, 5.41) is 10.6. The maximum Gasteiger partial charge on any atom is 0.354 e. The molecule has 0 aliphatic carbocycles. The maximum absolute atomic E-state index is 13.1. The second kappa shape index (κ2) is 6.48. The van der Waals surface area contributed by atoms with Gasteiger partial charge < -0.3 is 5.11 Å². The predicted octanol–water partition coefficient (Wildman–Crippen LogP) is 4.55. The first-order valence-corrected chi connectivity index (χ1v) is 9.97. The monoisotopic (exact) mass is 441 g/mol. The lowest BCUT2D eigenvalue weighted by molar-refractivity contribution is 0.0688. The van der Waals surface area contributed by atoms with Crippen LogP contribution in [-0.4, -0.2) is 23.5 Å². The molecule has 0 amide bonds. The van der Waals surface area contributed by atoms with Gasteiger partial charge in [0.1, 0.15) is 0 Å². The minimum Gasteiger partial charge on any atom is -0.477 e. The van der Waals surface area contributed by atoms with Crippen LogP contribution in [0, 0.1) is 0 Å². The molecule has 5 nitrogen and oxygen atoms in total. The van der Waals surface area contributed by atoms with Crippen molar-refractivity contribution in [3.63, 3.8) is 0 Å². The lowest BCUT2D eigenvalue weighted by Crippen LogP contribution is -2.18. The molecule has 0 spiro atoms. The number of fused-ring (bicyclic) bond motifs is 1. The molecule has 0 fully saturated rings. The van der Waals surface area contributed by atoms with Crippen LogP contribution >= 0.6 is 27.5 Å². The van der Waals surface area contributed by atoms with Crippen molar-refractivity contribution in [2.45, 2.75) is 18.2 Å². The third kappa shape index (κ3) is 2.76. The number of benzene rings is 2. The third-order valence-electron chi connectivity index (χ3n) is 3.92. The van der Waals surface area contributed by atoms with Gasteiger partial charge in [0.2, 0.25) is 0 Å². The van der Waals surface area contributed by atoms with Gasteiger partial charge in [-0.3, -0.25) is 0 Å². The van der Waals surface area contributed by atoms with E-state index in [4.69, 9.17) is 11.6 Å². The molecule has 8 heteroatoms. The van der Waals surface area contributed by atoms with E-state index in [-0.39, 0.29) is 20.6 Å². The van der Waals surface area contributed by atoms with Crippen molar-refractivity contribution in [3.8, 4) is 0 Å². The summed E-state index contributed by atoms with van der Waals surface area (Å²) in [5.41, 5.74) is 0.612. The molecule has 0 atom stereocenters. The molecule has 1 aromatic heterocycles. The Hall–Kier alpha value is -1.83. The highest BCUT2D eigenvalue weighted by Crippen LogP contribution is 2.39. The fourth-order valence-corrected chi connectivity index (χ4v) is 5.56. The molecular formula is C17H13BrClNO4S. The summed E-state index contributed by atoms with van der Waals surface area (Å²) in [6.45, 7) is 1.87. The Labute approximate surface area is 158 Å². The Morgan fingerprint density at radius 2 is 1.84 bits per heavy atom. The van der Waals surface area contributed by atoms with E-state index in [0.29, 0.717) is 22.4 Å². The SMILES string of the molecule is CCc1c(Cl)ccc2c1c(Br)c(C(=O)O)n2S(=O)(=O)c1ccccc1. The topological polar surface area (TPSA) is 76.4 Å². The Morgan fingerprint density at radius 3 is 2.40 bits per heavy atom. The van der Waals surface area contributed by atoms with Crippen molar-refractivity contribution in [1.82, 2.24) is 3.97 Å². The molecule has 3 aromatic rings. The molecule has 130 valence electrons. The van der Waals surface area contributed by atoms with E-state index in [1.165, 1.54) is 18.2 Å². The van der Waals surface area contributed by atoms with Gasteiger partial charge >= 0.3 is 5.97 Å². The van der Waals surface area contributed by atoms with Crippen molar-refractivity contribution >= 4 is 54.4 Å². The number of hydrogen-bond donors (Lipinski definition) is 1. The number of hydrogen-bond acceptors (Lipinski definition) is 3. The van der Waals surface area contributed by atoms with Crippen LogP contribution in [0.5, 0.6) is 0 Å². The van der Waals surface area contributed by atoms with E-state index in [2.05, 4.69) is 15.9 Å². The van der Waals surface area contributed by atoms with Gasteiger partial charge in [-0.2, -0.15) is 0 Å².